The third kappa shape index (κ3) is 8.29. The third-order valence-electron chi connectivity index (χ3n) is 5.43. The van der Waals surface area contributed by atoms with Crippen molar-refractivity contribution in [1.29, 1.82) is 0 Å². The first-order chi connectivity index (χ1) is 15.3. The number of benzene rings is 1. The molecule has 0 unspecified atom stereocenters. The Morgan fingerprint density at radius 2 is 1.72 bits per heavy atom. The largest absolute Gasteiger partial charge is 0.356 e. The Morgan fingerprint density at radius 3 is 2.38 bits per heavy atom. The molecule has 32 heavy (non-hydrogen) atoms. The first-order valence-corrected chi connectivity index (χ1v) is 12.3. The fraction of sp³-hybridized carbons (Fsp3) is 0.654. The van der Waals surface area contributed by atoms with Gasteiger partial charge in [-0.2, -0.15) is 0 Å². The Hall–Kier alpha value is -2.37. The normalized spacial score (nSPS) is 11.5. The molecule has 0 spiro atoms. The molecule has 0 saturated heterocycles. The molecule has 0 fully saturated rings. The van der Waals surface area contributed by atoms with Crippen LogP contribution in [0.4, 0.5) is 0 Å². The molecule has 6 heteroatoms. The number of fused-ring (bicyclic) bond motifs is 1. The molecule has 0 aliphatic rings. The van der Waals surface area contributed by atoms with Crippen LogP contribution in [0.15, 0.2) is 24.3 Å². The maximum atomic E-state index is 13.2. The molecule has 2 rings (SSSR count). The van der Waals surface area contributed by atoms with E-state index in [0.717, 1.165) is 68.6 Å². The Labute approximate surface area is 193 Å². The summed E-state index contributed by atoms with van der Waals surface area (Å²) < 4.78 is 2.11. The van der Waals surface area contributed by atoms with Gasteiger partial charge >= 0.3 is 0 Å². The molecule has 0 radical (unpaired) electrons. The molecule has 0 aliphatic carbocycles. The van der Waals surface area contributed by atoms with Crippen molar-refractivity contribution >= 4 is 22.8 Å². The second-order valence-corrected chi connectivity index (χ2v) is 9.60. The summed E-state index contributed by atoms with van der Waals surface area (Å²) in [6.07, 6.45) is 5.29. The standard InChI is InChI=1S/C26H42N4O2/c1-6-12-25(31)27-16-11-7-8-15-24-28-22-13-9-10-14-23(22)30(24)19-26(32)29(17-20(2)3)18-21(4)5/h9-10,13-14,20-21H,6-8,11-12,15-19H2,1-5H3,(H,27,31). The number of para-hydroxylation sites is 2. The minimum absolute atomic E-state index is 0.139. The van der Waals surface area contributed by atoms with E-state index in [0.29, 0.717) is 24.8 Å². The number of hydrogen-bond acceptors (Lipinski definition) is 3. The number of rotatable bonds is 14. The highest BCUT2D eigenvalue weighted by molar-refractivity contribution is 5.81. The van der Waals surface area contributed by atoms with E-state index < -0.39 is 0 Å². The first-order valence-electron chi connectivity index (χ1n) is 12.3. The van der Waals surface area contributed by atoms with Crippen molar-refractivity contribution in [2.24, 2.45) is 11.8 Å². The predicted molar refractivity (Wildman–Crippen MR) is 131 cm³/mol. The summed E-state index contributed by atoms with van der Waals surface area (Å²) in [6, 6.07) is 8.07. The van der Waals surface area contributed by atoms with Gasteiger partial charge in [0.2, 0.25) is 11.8 Å². The van der Waals surface area contributed by atoms with Crippen LogP contribution in [0.3, 0.4) is 0 Å². The predicted octanol–water partition coefficient (Wildman–Crippen LogP) is 4.81. The number of aromatic nitrogens is 2. The van der Waals surface area contributed by atoms with Crippen LogP contribution in [-0.2, 0) is 22.6 Å². The first kappa shape index (κ1) is 25.9. The van der Waals surface area contributed by atoms with Gasteiger partial charge < -0.3 is 14.8 Å². The summed E-state index contributed by atoms with van der Waals surface area (Å²) in [5, 5.41) is 2.97. The van der Waals surface area contributed by atoms with Crippen molar-refractivity contribution in [3.8, 4) is 0 Å². The van der Waals surface area contributed by atoms with Gasteiger partial charge in [-0.05, 0) is 43.2 Å². The number of carbonyl (C=O) groups is 2. The van der Waals surface area contributed by atoms with Gasteiger partial charge in [-0.1, -0.05) is 53.2 Å². The average molecular weight is 443 g/mol. The van der Waals surface area contributed by atoms with E-state index in [1.54, 1.807) is 0 Å². The molecule has 6 nitrogen and oxygen atoms in total. The van der Waals surface area contributed by atoms with Gasteiger partial charge in [0, 0.05) is 32.5 Å². The van der Waals surface area contributed by atoms with E-state index >= 15 is 0 Å². The summed E-state index contributed by atoms with van der Waals surface area (Å²) in [7, 11) is 0. The zero-order valence-corrected chi connectivity index (χ0v) is 20.7. The number of amides is 2. The van der Waals surface area contributed by atoms with Crippen LogP contribution in [0.5, 0.6) is 0 Å². The van der Waals surface area contributed by atoms with Gasteiger partial charge in [-0.15, -0.1) is 0 Å². The molecule has 0 atom stereocenters. The number of carbonyl (C=O) groups excluding carboxylic acids is 2. The van der Waals surface area contributed by atoms with Gasteiger partial charge in [-0.3, -0.25) is 9.59 Å². The van der Waals surface area contributed by atoms with Crippen molar-refractivity contribution in [1.82, 2.24) is 19.8 Å². The molecule has 1 aromatic heterocycles. The van der Waals surface area contributed by atoms with Crippen LogP contribution in [0.1, 0.15) is 72.5 Å². The van der Waals surface area contributed by atoms with Crippen LogP contribution in [-0.4, -0.2) is 45.9 Å². The Kier molecular flexibility index (Phi) is 10.7. The summed E-state index contributed by atoms with van der Waals surface area (Å²) in [5.74, 6) is 2.16. The van der Waals surface area contributed by atoms with E-state index in [2.05, 4.69) is 43.6 Å². The van der Waals surface area contributed by atoms with Gasteiger partial charge in [0.05, 0.1) is 11.0 Å². The SMILES string of the molecule is CCCC(=O)NCCCCCc1nc2ccccc2n1CC(=O)N(CC(C)C)CC(C)C. The fourth-order valence-corrected chi connectivity index (χ4v) is 4.02. The average Bonchev–Trinajstić information content (AvgIpc) is 3.07. The van der Waals surface area contributed by atoms with E-state index in [1.807, 2.05) is 30.0 Å². The highest BCUT2D eigenvalue weighted by atomic mass is 16.2. The molecule has 1 aromatic carbocycles. The van der Waals surface area contributed by atoms with Crippen molar-refractivity contribution in [3.63, 3.8) is 0 Å². The second kappa shape index (κ2) is 13.2. The van der Waals surface area contributed by atoms with Gasteiger partial charge in [0.25, 0.3) is 0 Å². The van der Waals surface area contributed by atoms with Crippen LogP contribution in [0.2, 0.25) is 0 Å². The van der Waals surface area contributed by atoms with Crippen molar-refractivity contribution < 1.29 is 9.59 Å². The van der Waals surface area contributed by atoms with Crippen LogP contribution in [0.25, 0.3) is 11.0 Å². The summed E-state index contributed by atoms with van der Waals surface area (Å²) in [4.78, 5) is 31.7. The van der Waals surface area contributed by atoms with E-state index in [-0.39, 0.29) is 11.8 Å². The number of imidazole rings is 1. The van der Waals surface area contributed by atoms with Crippen LogP contribution < -0.4 is 5.32 Å². The third-order valence-corrected chi connectivity index (χ3v) is 5.43. The molecular weight excluding hydrogens is 400 g/mol. The second-order valence-electron chi connectivity index (χ2n) is 9.60. The van der Waals surface area contributed by atoms with Gasteiger partial charge in [-0.25, -0.2) is 4.98 Å². The summed E-state index contributed by atoms with van der Waals surface area (Å²) >= 11 is 0. The maximum absolute atomic E-state index is 13.2. The van der Waals surface area contributed by atoms with E-state index in [9.17, 15) is 9.59 Å². The van der Waals surface area contributed by atoms with Crippen molar-refractivity contribution in [2.75, 3.05) is 19.6 Å². The highest BCUT2D eigenvalue weighted by Gasteiger charge is 2.19. The summed E-state index contributed by atoms with van der Waals surface area (Å²) in [6.45, 7) is 13.3. The summed E-state index contributed by atoms with van der Waals surface area (Å²) in [5.41, 5.74) is 1.97. The molecule has 0 saturated carbocycles. The minimum Gasteiger partial charge on any atom is -0.356 e. The molecular formula is C26H42N4O2. The maximum Gasteiger partial charge on any atom is 0.242 e. The molecule has 0 aliphatic heterocycles. The number of aryl methyl sites for hydroxylation is 1. The molecule has 178 valence electrons. The Morgan fingerprint density at radius 1 is 1.03 bits per heavy atom. The monoisotopic (exact) mass is 442 g/mol. The number of hydrogen-bond donors (Lipinski definition) is 1. The minimum atomic E-state index is 0.139. The zero-order valence-electron chi connectivity index (χ0n) is 20.7. The highest BCUT2D eigenvalue weighted by Crippen LogP contribution is 2.19. The lowest BCUT2D eigenvalue weighted by molar-refractivity contribution is -0.133. The van der Waals surface area contributed by atoms with E-state index in [1.165, 1.54) is 0 Å². The fourth-order valence-electron chi connectivity index (χ4n) is 4.02. The lowest BCUT2D eigenvalue weighted by Gasteiger charge is -2.27. The van der Waals surface area contributed by atoms with E-state index in [4.69, 9.17) is 4.98 Å². The Balaban J connectivity index is 2.03. The molecule has 2 amide bonds. The van der Waals surface area contributed by atoms with Gasteiger partial charge in [0.1, 0.15) is 12.4 Å². The van der Waals surface area contributed by atoms with Crippen molar-refractivity contribution in [3.05, 3.63) is 30.1 Å². The molecule has 2 aromatic rings. The number of nitrogens with zero attached hydrogens (tertiary/aromatic N) is 3. The number of nitrogens with one attached hydrogen (secondary N) is 1. The number of unbranched alkanes of at least 4 members (excludes halogenated alkanes) is 2. The van der Waals surface area contributed by atoms with Crippen molar-refractivity contribution in [2.45, 2.75) is 79.7 Å². The van der Waals surface area contributed by atoms with Crippen LogP contribution in [0, 0.1) is 11.8 Å². The zero-order chi connectivity index (χ0) is 23.5. The molecule has 0 bridgehead atoms. The lowest BCUT2D eigenvalue weighted by atomic mass is 10.1. The smallest absolute Gasteiger partial charge is 0.242 e. The topological polar surface area (TPSA) is 67.2 Å². The van der Waals surface area contributed by atoms with Gasteiger partial charge in [0.15, 0.2) is 0 Å². The quantitative estimate of drug-likeness (QED) is 0.427. The van der Waals surface area contributed by atoms with Crippen LogP contribution >= 0.6 is 0 Å². The molecule has 1 heterocycles. The molecule has 1 N–H and O–H groups in total. The Bertz CT molecular complexity index is 847. The lowest BCUT2D eigenvalue weighted by Crippen LogP contribution is -2.39.